The molecule has 6 nitrogen and oxygen atoms in total. The number of aromatic amines is 1. The van der Waals surface area contributed by atoms with E-state index < -0.39 is 28.3 Å². The molecule has 8 heteroatoms. The Labute approximate surface area is 106 Å². The van der Waals surface area contributed by atoms with Crippen molar-refractivity contribution in [2.45, 2.75) is 19.5 Å². The third-order valence-corrected chi connectivity index (χ3v) is 2.75. The maximum atomic E-state index is 13.4. The van der Waals surface area contributed by atoms with E-state index in [4.69, 9.17) is 11.6 Å². The van der Waals surface area contributed by atoms with Gasteiger partial charge in [0.2, 0.25) is 5.82 Å². The van der Waals surface area contributed by atoms with Gasteiger partial charge in [-0.1, -0.05) is 11.6 Å². The zero-order valence-electron chi connectivity index (χ0n) is 9.43. The highest BCUT2D eigenvalue weighted by Crippen LogP contribution is 2.06. The molecule has 0 aliphatic heterocycles. The van der Waals surface area contributed by atoms with Crippen LogP contribution < -0.4 is 11.2 Å². The lowest BCUT2D eigenvalue weighted by Gasteiger charge is -2.14. The summed E-state index contributed by atoms with van der Waals surface area (Å²) in [5.74, 6) is -1.16. The molecule has 0 saturated heterocycles. The number of aromatic nitrogens is 4. The summed E-state index contributed by atoms with van der Waals surface area (Å²) in [6, 6.07) is 1.16. The van der Waals surface area contributed by atoms with Crippen molar-refractivity contribution in [1.29, 1.82) is 0 Å². The van der Waals surface area contributed by atoms with Crippen molar-refractivity contribution in [3.8, 4) is 0 Å². The summed E-state index contributed by atoms with van der Waals surface area (Å²) in [4.78, 5) is 25.3. The van der Waals surface area contributed by atoms with Gasteiger partial charge in [-0.2, -0.15) is 9.49 Å². The van der Waals surface area contributed by atoms with Gasteiger partial charge in [0.15, 0.2) is 5.15 Å². The predicted molar refractivity (Wildman–Crippen MR) is 63.2 cm³/mol. The highest BCUT2D eigenvalue weighted by Gasteiger charge is 2.17. The number of nitrogens with one attached hydrogen (secondary N) is 1. The van der Waals surface area contributed by atoms with Gasteiger partial charge in [0.1, 0.15) is 0 Å². The maximum absolute atomic E-state index is 13.4. The second-order valence-electron chi connectivity index (χ2n) is 3.81. The standard InChI is InChI=1S/C10H10ClFN4O2/c1-6(5-15-4-2-3-13-15)16-9(17)7(12)8(11)14-10(16)18/h2-4,6H,5H2,1H3,(H,14,18). The van der Waals surface area contributed by atoms with Crippen LogP contribution in [0.4, 0.5) is 4.39 Å². The Morgan fingerprint density at radius 3 is 2.89 bits per heavy atom. The quantitative estimate of drug-likeness (QED) is 0.840. The number of hydrogen-bond acceptors (Lipinski definition) is 3. The lowest BCUT2D eigenvalue weighted by molar-refractivity contribution is 0.400. The molecule has 0 bridgehead atoms. The summed E-state index contributed by atoms with van der Waals surface area (Å²) in [5, 5.41) is 3.37. The van der Waals surface area contributed by atoms with Crippen LogP contribution in [0, 0.1) is 5.82 Å². The van der Waals surface area contributed by atoms with Crippen molar-refractivity contribution in [2.24, 2.45) is 0 Å². The Morgan fingerprint density at radius 1 is 1.56 bits per heavy atom. The second-order valence-corrected chi connectivity index (χ2v) is 4.19. The van der Waals surface area contributed by atoms with Crippen LogP contribution in [0.25, 0.3) is 0 Å². The molecule has 2 aromatic heterocycles. The van der Waals surface area contributed by atoms with Crippen LogP contribution in [0.5, 0.6) is 0 Å². The van der Waals surface area contributed by atoms with Gasteiger partial charge < -0.3 is 0 Å². The van der Waals surface area contributed by atoms with Crippen LogP contribution in [-0.2, 0) is 6.54 Å². The molecular formula is C10H10ClFN4O2. The number of halogens is 2. The molecule has 2 heterocycles. The van der Waals surface area contributed by atoms with E-state index in [9.17, 15) is 14.0 Å². The predicted octanol–water partition coefficient (Wildman–Crippen LogP) is 0.787. The molecule has 18 heavy (non-hydrogen) atoms. The highest BCUT2D eigenvalue weighted by atomic mass is 35.5. The average molecular weight is 273 g/mol. The van der Waals surface area contributed by atoms with Gasteiger partial charge in [-0.3, -0.25) is 19.0 Å². The number of H-pyrrole nitrogens is 1. The van der Waals surface area contributed by atoms with Gasteiger partial charge in [0.25, 0.3) is 5.56 Å². The van der Waals surface area contributed by atoms with Gasteiger partial charge in [-0.25, -0.2) is 4.79 Å². The Morgan fingerprint density at radius 2 is 2.28 bits per heavy atom. The van der Waals surface area contributed by atoms with Crippen molar-refractivity contribution in [3.05, 3.63) is 50.3 Å². The van der Waals surface area contributed by atoms with Crippen LogP contribution in [0.3, 0.4) is 0 Å². The molecule has 2 rings (SSSR count). The Hall–Kier alpha value is -1.89. The number of rotatable bonds is 3. The zero-order chi connectivity index (χ0) is 13.3. The molecule has 0 fully saturated rings. The summed E-state index contributed by atoms with van der Waals surface area (Å²) in [6.45, 7) is 1.89. The molecule has 1 atom stereocenters. The molecule has 0 saturated carbocycles. The van der Waals surface area contributed by atoms with Crippen molar-refractivity contribution < 1.29 is 4.39 Å². The Balaban J connectivity index is 2.42. The van der Waals surface area contributed by atoms with Crippen LogP contribution in [0.1, 0.15) is 13.0 Å². The molecule has 1 unspecified atom stereocenters. The fourth-order valence-electron chi connectivity index (χ4n) is 1.66. The molecule has 96 valence electrons. The smallest absolute Gasteiger partial charge is 0.295 e. The molecule has 2 aromatic rings. The highest BCUT2D eigenvalue weighted by molar-refractivity contribution is 6.29. The van der Waals surface area contributed by atoms with Crippen LogP contribution in [0.2, 0.25) is 5.15 Å². The van der Waals surface area contributed by atoms with E-state index in [1.807, 2.05) is 0 Å². The van der Waals surface area contributed by atoms with Crippen molar-refractivity contribution in [2.75, 3.05) is 0 Å². The van der Waals surface area contributed by atoms with Crippen molar-refractivity contribution in [3.63, 3.8) is 0 Å². The van der Waals surface area contributed by atoms with E-state index >= 15 is 0 Å². The summed E-state index contributed by atoms with van der Waals surface area (Å²) >= 11 is 5.38. The number of hydrogen-bond donors (Lipinski definition) is 1. The van der Waals surface area contributed by atoms with Crippen LogP contribution in [0.15, 0.2) is 28.0 Å². The van der Waals surface area contributed by atoms with E-state index in [0.29, 0.717) is 0 Å². The molecule has 1 N–H and O–H groups in total. The minimum absolute atomic E-state index is 0.275. The Bertz CT molecular complexity index is 662. The normalized spacial score (nSPS) is 12.6. The lowest BCUT2D eigenvalue weighted by atomic mass is 10.3. The zero-order valence-corrected chi connectivity index (χ0v) is 10.2. The first kappa shape index (κ1) is 12.6. The first-order valence-electron chi connectivity index (χ1n) is 5.18. The molecular weight excluding hydrogens is 263 g/mol. The minimum atomic E-state index is -1.16. The van der Waals surface area contributed by atoms with Crippen molar-refractivity contribution >= 4 is 11.6 Å². The minimum Gasteiger partial charge on any atom is -0.295 e. The molecule has 0 radical (unpaired) electrons. The molecule has 0 aromatic carbocycles. The van der Waals surface area contributed by atoms with Crippen LogP contribution in [-0.4, -0.2) is 19.3 Å². The second kappa shape index (κ2) is 4.77. The van der Waals surface area contributed by atoms with Gasteiger partial charge in [-0.05, 0) is 13.0 Å². The first-order valence-corrected chi connectivity index (χ1v) is 5.55. The van der Waals surface area contributed by atoms with Gasteiger partial charge in [0, 0.05) is 12.4 Å². The molecule has 0 aliphatic carbocycles. The summed E-state index contributed by atoms with van der Waals surface area (Å²) in [6.07, 6.45) is 3.25. The third kappa shape index (κ3) is 2.21. The summed E-state index contributed by atoms with van der Waals surface area (Å²) < 4.78 is 15.7. The van der Waals surface area contributed by atoms with Crippen molar-refractivity contribution in [1.82, 2.24) is 19.3 Å². The van der Waals surface area contributed by atoms with E-state index in [-0.39, 0.29) is 6.54 Å². The molecule has 0 spiro atoms. The monoisotopic (exact) mass is 272 g/mol. The van der Waals surface area contributed by atoms with Gasteiger partial charge in [0.05, 0.1) is 12.6 Å². The molecule has 0 aliphatic rings. The maximum Gasteiger partial charge on any atom is 0.329 e. The average Bonchev–Trinajstić information content (AvgIpc) is 2.78. The summed E-state index contributed by atoms with van der Waals surface area (Å²) in [7, 11) is 0. The third-order valence-electron chi connectivity index (χ3n) is 2.49. The van der Waals surface area contributed by atoms with Crippen LogP contribution >= 0.6 is 11.6 Å². The van der Waals surface area contributed by atoms with Gasteiger partial charge in [-0.15, -0.1) is 0 Å². The fraction of sp³-hybridized carbons (Fsp3) is 0.300. The topological polar surface area (TPSA) is 72.7 Å². The largest absolute Gasteiger partial charge is 0.329 e. The SMILES string of the molecule is CC(Cn1cccn1)n1c(=O)[nH]c(Cl)c(F)c1=O. The Kier molecular flexibility index (Phi) is 3.33. The first-order chi connectivity index (χ1) is 8.50. The van der Waals surface area contributed by atoms with E-state index in [2.05, 4.69) is 10.1 Å². The van der Waals surface area contributed by atoms with E-state index in [1.54, 1.807) is 30.1 Å². The summed E-state index contributed by atoms with van der Waals surface area (Å²) in [5.41, 5.74) is -1.78. The van der Waals surface area contributed by atoms with E-state index in [1.165, 1.54) is 0 Å². The number of nitrogens with zero attached hydrogens (tertiary/aromatic N) is 3. The lowest BCUT2D eigenvalue weighted by Crippen LogP contribution is -2.40. The van der Waals surface area contributed by atoms with Gasteiger partial charge >= 0.3 is 5.69 Å². The molecule has 0 amide bonds. The fourth-order valence-corrected chi connectivity index (χ4v) is 1.82. The van der Waals surface area contributed by atoms with E-state index in [0.717, 1.165) is 4.57 Å².